The predicted octanol–water partition coefficient (Wildman–Crippen LogP) is 8.70. The van der Waals surface area contributed by atoms with Crippen molar-refractivity contribution in [3.8, 4) is 0 Å². The summed E-state index contributed by atoms with van der Waals surface area (Å²) >= 11 is 0. The first-order valence-corrected chi connectivity index (χ1v) is 13.5. The van der Waals surface area contributed by atoms with Crippen LogP contribution in [0.4, 0.5) is 0 Å². The second kappa shape index (κ2) is 7.70. The minimum absolute atomic E-state index is 0.00571. The van der Waals surface area contributed by atoms with Gasteiger partial charge >= 0.3 is 0 Å². The SMILES string of the molecule is CC(C)(C)P(CC1(CP(C(C)(C)C)C(C)(C)C)CCCC1)C(C)(C)C. The molecule has 2 heteroatoms. The van der Waals surface area contributed by atoms with Crippen LogP contribution in [0.25, 0.3) is 0 Å². The first kappa shape index (κ1) is 23.9. The van der Waals surface area contributed by atoms with E-state index in [0.717, 1.165) is 0 Å². The molecule has 0 bridgehead atoms. The van der Waals surface area contributed by atoms with E-state index in [-0.39, 0.29) is 15.8 Å². The third-order valence-corrected chi connectivity index (χ3v) is 14.3. The molecule has 1 aliphatic rings. The highest BCUT2D eigenvalue weighted by Gasteiger charge is 2.47. The molecule has 0 atom stereocenters. The molecule has 0 N–H and O–H groups in total. The Bertz CT molecular complexity index is 353. The Hall–Kier alpha value is 0.860. The Kier molecular flexibility index (Phi) is 7.36. The van der Waals surface area contributed by atoms with Crippen LogP contribution in [0, 0.1) is 5.41 Å². The zero-order valence-electron chi connectivity index (χ0n) is 19.6. The Balaban J connectivity index is 3.19. The van der Waals surface area contributed by atoms with Crippen molar-refractivity contribution in [2.45, 2.75) is 129 Å². The maximum atomic E-state index is 2.50. The van der Waals surface area contributed by atoms with Gasteiger partial charge in [-0.2, -0.15) is 0 Å². The standard InChI is InChI=1S/C23H48P2/c1-19(2,3)24(20(4,5)6)17-23(15-13-14-16-23)18-25(21(7,8)9)22(10,11)12/h13-18H2,1-12H3. The molecule has 1 fully saturated rings. The van der Waals surface area contributed by atoms with Crippen molar-refractivity contribution in [1.29, 1.82) is 0 Å². The zero-order valence-corrected chi connectivity index (χ0v) is 21.4. The molecule has 0 heterocycles. The van der Waals surface area contributed by atoms with Gasteiger partial charge in [-0.3, -0.25) is 0 Å². The molecule has 0 unspecified atom stereocenters. The van der Waals surface area contributed by atoms with Gasteiger partial charge in [0.15, 0.2) is 0 Å². The van der Waals surface area contributed by atoms with Gasteiger partial charge in [-0.25, -0.2) is 0 Å². The Morgan fingerprint density at radius 3 is 0.960 bits per heavy atom. The van der Waals surface area contributed by atoms with Crippen LogP contribution in [0.2, 0.25) is 0 Å². The topological polar surface area (TPSA) is 0 Å². The summed E-state index contributed by atoms with van der Waals surface area (Å²) in [4.78, 5) is 0. The molecular weight excluding hydrogens is 338 g/mol. The van der Waals surface area contributed by atoms with Crippen LogP contribution in [0.5, 0.6) is 0 Å². The highest BCUT2D eigenvalue weighted by atomic mass is 31.1. The van der Waals surface area contributed by atoms with Gasteiger partial charge in [0.25, 0.3) is 0 Å². The van der Waals surface area contributed by atoms with Gasteiger partial charge in [0.1, 0.15) is 0 Å². The fourth-order valence-corrected chi connectivity index (χ4v) is 13.4. The minimum atomic E-state index is 0.00571. The van der Waals surface area contributed by atoms with Crippen LogP contribution >= 0.6 is 15.8 Å². The van der Waals surface area contributed by atoms with E-state index < -0.39 is 0 Å². The monoisotopic (exact) mass is 386 g/mol. The first-order valence-electron chi connectivity index (χ1n) is 10.4. The highest BCUT2D eigenvalue weighted by molar-refractivity contribution is 7.62. The number of hydrogen-bond acceptors (Lipinski definition) is 0. The maximum Gasteiger partial charge on any atom is -0.0174 e. The molecule has 0 aromatic carbocycles. The van der Waals surface area contributed by atoms with E-state index in [4.69, 9.17) is 0 Å². The summed E-state index contributed by atoms with van der Waals surface area (Å²) in [5.74, 6) is 0. The molecular formula is C23H48P2. The number of rotatable bonds is 4. The molecule has 150 valence electrons. The van der Waals surface area contributed by atoms with Gasteiger partial charge in [-0.15, -0.1) is 0 Å². The summed E-state index contributed by atoms with van der Waals surface area (Å²) < 4.78 is 0. The first-order chi connectivity index (χ1) is 10.9. The van der Waals surface area contributed by atoms with Crippen LogP contribution in [0.3, 0.4) is 0 Å². The van der Waals surface area contributed by atoms with E-state index in [0.29, 0.717) is 26.0 Å². The third kappa shape index (κ3) is 6.75. The average Bonchev–Trinajstić information content (AvgIpc) is 2.77. The lowest BCUT2D eigenvalue weighted by molar-refractivity contribution is 0.386. The van der Waals surface area contributed by atoms with Crippen LogP contribution in [-0.2, 0) is 0 Å². The van der Waals surface area contributed by atoms with Crippen molar-refractivity contribution in [2.24, 2.45) is 5.41 Å². The van der Waals surface area contributed by atoms with Gasteiger partial charge in [0.05, 0.1) is 0 Å². The second-order valence-corrected chi connectivity index (χ2v) is 20.3. The van der Waals surface area contributed by atoms with Crippen LogP contribution in [-0.4, -0.2) is 32.9 Å². The quantitative estimate of drug-likeness (QED) is 0.424. The van der Waals surface area contributed by atoms with Crippen molar-refractivity contribution in [1.82, 2.24) is 0 Å². The van der Waals surface area contributed by atoms with Crippen molar-refractivity contribution in [3.05, 3.63) is 0 Å². The van der Waals surface area contributed by atoms with Gasteiger partial charge in [0, 0.05) is 0 Å². The van der Waals surface area contributed by atoms with Crippen LogP contribution in [0.1, 0.15) is 109 Å². The van der Waals surface area contributed by atoms with E-state index in [1.165, 1.54) is 38.0 Å². The van der Waals surface area contributed by atoms with Crippen molar-refractivity contribution in [2.75, 3.05) is 12.3 Å². The van der Waals surface area contributed by atoms with E-state index >= 15 is 0 Å². The molecule has 0 saturated heterocycles. The molecule has 25 heavy (non-hydrogen) atoms. The van der Waals surface area contributed by atoms with Gasteiger partial charge in [-0.1, -0.05) is 112 Å². The Morgan fingerprint density at radius 2 is 0.760 bits per heavy atom. The zero-order chi connectivity index (χ0) is 19.9. The highest BCUT2D eigenvalue weighted by Crippen LogP contribution is 2.68. The Labute approximate surface area is 163 Å². The normalized spacial score (nSPS) is 19.9. The van der Waals surface area contributed by atoms with Gasteiger partial charge in [0.2, 0.25) is 0 Å². The number of hydrogen-bond donors (Lipinski definition) is 0. The molecule has 0 aliphatic heterocycles. The smallest absolute Gasteiger partial charge is 0.0174 e. The summed E-state index contributed by atoms with van der Waals surface area (Å²) in [6.07, 6.45) is 8.91. The molecule has 0 aromatic rings. The third-order valence-electron chi connectivity index (χ3n) is 5.89. The molecule has 0 spiro atoms. The fourth-order valence-electron chi connectivity index (χ4n) is 5.12. The van der Waals surface area contributed by atoms with E-state index in [1.54, 1.807) is 0 Å². The van der Waals surface area contributed by atoms with E-state index in [1.807, 2.05) is 0 Å². The largest absolute Gasteiger partial charge is 0.0951 e. The van der Waals surface area contributed by atoms with Crippen molar-refractivity contribution < 1.29 is 0 Å². The lowest BCUT2D eigenvalue weighted by Gasteiger charge is -2.51. The summed E-state index contributed by atoms with van der Waals surface area (Å²) in [6, 6.07) is 0. The lowest BCUT2D eigenvalue weighted by Crippen LogP contribution is -2.38. The summed E-state index contributed by atoms with van der Waals surface area (Å²) in [5, 5.41) is 1.82. The van der Waals surface area contributed by atoms with Crippen LogP contribution in [0.15, 0.2) is 0 Å². The summed E-state index contributed by atoms with van der Waals surface area (Å²) in [6.45, 7) is 30.0. The molecule has 0 nitrogen and oxygen atoms in total. The van der Waals surface area contributed by atoms with Crippen molar-refractivity contribution >= 4 is 15.8 Å². The maximum absolute atomic E-state index is 2.50. The van der Waals surface area contributed by atoms with E-state index in [9.17, 15) is 0 Å². The molecule has 1 rings (SSSR count). The predicted molar refractivity (Wildman–Crippen MR) is 123 cm³/mol. The second-order valence-electron chi connectivity index (χ2n) is 12.6. The van der Waals surface area contributed by atoms with Gasteiger partial charge < -0.3 is 0 Å². The van der Waals surface area contributed by atoms with Crippen molar-refractivity contribution in [3.63, 3.8) is 0 Å². The lowest BCUT2D eigenvalue weighted by atomic mass is 9.91. The summed E-state index contributed by atoms with van der Waals surface area (Å²) in [5.41, 5.74) is 0.624. The minimum Gasteiger partial charge on any atom is -0.0951 e. The molecule has 0 radical (unpaired) electrons. The molecule has 1 saturated carbocycles. The fraction of sp³-hybridized carbons (Fsp3) is 1.00. The average molecular weight is 387 g/mol. The Morgan fingerprint density at radius 1 is 0.520 bits per heavy atom. The molecule has 0 amide bonds. The molecule has 0 aromatic heterocycles. The molecule has 1 aliphatic carbocycles. The van der Waals surface area contributed by atoms with Gasteiger partial charge in [-0.05, 0) is 51.2 Å². The summed E-state index contributed by atoms with van der Waals surface area (Å²) in [7, 11) is 0.0114. The van der Waals surface area contributed by atoms with Crippen LogP contribution < -0.4 is 0 Å². The van der Waals surface area contributed by atoms with E-state index in [2.05, 4.69) is 83.1 Å².